The normalized spacial score (nSPS) is 21.8. The summed E-state index contributed by atoms with van der Waals surface area (Å²) in [6, 6.07) is 6.64. The lowest BCUT2D eigenvalue weighted by molar-refractivity contribution is -0.137. The summed E-state index contributed by atoms with van der Waals surface area (Å²) >= 11 is 0. The lowest BCUT2D eigenvalue weighted by atomic mass is 9.90. The Morgan fingerprint density at radius 3 is 2.53 bits per heavy atom. The highest BCUT2D eigenvalue weighted by Crippen LogP contribution is 2.46. The summed E-state index contributed by atoms with van der Waals surface area (Å²) in [4.78, 5) is 22.3. The summed E-state index contributed by atoms with van der Waals surface area (Å²) in [6.07, 6.45) is 6.00. The van der Waals surface area contributed by atoms with Crippen LogP contribution in [0.15, 0.2) is 30.6 Å². The molecule has 1 aliphatic heterocycles. The van der Waals surface area contributed by atoms with Gasteiger partial charge in [0.15, 0.2) is 0 Å². The van der Waals surface area contributed by atoms with Gasteiger partial charge in [0.25, 0.3) is 0 Å². The average Bonchev–Trinajstić information content (AvgIpc) is 3.58. The third-order valence-corrected chi connectivity index (χ3v) is 5.98. The molecule has 2 aromatic rings. The van der Waals surface area contributed by atoms with Crippen LogP contribution in [-0.4, -0.2) is 52.9 Å². The van der Waals surface area contributed by atoms with Crippen LogP contribution in [0.25, 0.3) is 0 Å². The molecule has 32 heavy (non-hydrogen) atoms. The molecule has 1 saturated heterocycles. The van der Waals surface area contributed by atoms with Crippen LogP contribution in [0, 0.1) is 5.92 Å². The molecule has 3 atom stereocenters. The van der Waals surface area contributed by atoms with E-state index in [1.165, 1.54) is 0 Å². The molecule has 8 heteroatoms. The summed E-state index contributed by atoms with van der Waals surface area (Å²) < 4.78 is 11.3. The van der Waals surface area contributed by atoms with Gasteiger partial charge >= 0.3 is 12.0 Å². The number of morpholine rings is 1. The van der Waals surface area contributed by atoms with Crippen molar-refractivity contribution in [3.8, 4) is 6.01 Å². The fourth-order valence-corrected chi connectivity index (χ4v) is 4.52. The first kappa shape index (κ1) is 22.3. The molecule has 2 N–H and O–H groups in total. The van der Waals surface area contributed by atoms with E-state index in [2.05, 4.69) is 52.2 Å². The first-order valence-corrected chi connectivity index (χ1v) is 11.4. The second-order valence-corrected chi connectivity index (χ2v) is 8.79. The van der Waals surface area contributed by atoms with E-state index in [0.29, 0.717) is 18.5 Å². The zero-order valence-corrected chi connectivity index (χ0v) is 19.0. The topological polar surface area (TPSA) is 96.8 Å². The van der Waals surface area contributed by atoms with Gasteiger partial charge in [-0.3, -0.25) is 4.79 Å². The average molecular weight is 441 g/mol. The van der Waals surface area contributed by atoms with Gasteiger partial charge in [0, 0.05) is 13.1 Å². The van der Waals surface area contributed by atoms with Crippen molar-refractivity contribution in [3.63, 3.8) is 0 Å². The lowest BCUT2D eigenvalue weighted by Gasteiger charge is -2.38. The standard InChI is InChI=1S/C24H32N4O4/c1-4-31-24-25-11-19(12-26-24)27-21-9-18(20(10-23(29)30)17-5-6-17)7-8-22(21)28-13-15(2)32-16(3)14-28/h7-9,11-12,15-17,20,27H,4-6,10,13-14H2,1-3H3,(H,29,30)/t15-,16+,20?. The minimum absolute atomic E-state index is 0.0289. The second-order valence-electron chi connectivity index (χ2n) is 8.79. The van der Waals surface area contributed by atoms with Gasteiger partial charge in [-0.2, -0.15) is 0 Å². The van der Waals surface area contributed by atoms with Crippen LogP contribution in [0.5, 0.6) is 6.01 Å². The molecule has 4 rings (SSSR count). The smallest absolute Gasteiger partial charge is 0.316 e. The monoisotopic (exact) mass is 440 g/mol. The van der Waals surface area contributed by atoms with Crippen molar-refractivity contribution in [1.29, 1.82) is 0 Å². The van der Waals surface area contributed by atoms with Gasteiger partial charge in [0.05, 0.1) is 54.7 Å². The minimum atomic E-state index is -0.753. The van der Waals surface area contributed by atoms with E-state index in [1.807, 2.05) is 6.92 Å². The minimum Gasteiger partial charge on any atom is -0.481 e. The number of aliphatic carboxylic acids is 1. The number of carbonyl (C=O) groups is 1. The maximum absolute atomic E-state index is 11.5. The maximum Gasteiger partial charge on any atom is 0.316 e. The predicted octanol–water partition coefficient (Wildman–Crippen LogP) is 4.20. The van der Waals surface area contributed by atoms with E-state index >= 15 is 0 Å². The zero-order valence-electron chi connectivity index (χ0n) is 19.0. The Morgan fingerprint density at radius 2 is 1.94 bits per heavy atom. The molecular weight excluding hydrogens is 408 g/mol. The molecule has 0 bridgehead atoms. The first-order valence-electron chi connectivity index (χ1n) is 11.4. The van der Waals surface area contributed by atoms with Gasteiger partial charge in [-0.1, -0.05) is 6.07 Å². The van der Waals surface area contributed by atoms with Gasteiger partial charge in [-0.05, 0) is 63.1 Å². The highest BCUT2D eigenvalue weighted by atomic mass is 16.5. The number of nitrogens with zero attached hydrogens (tertiary/aromatic N) is 3. The van der Waals surface area contributed by atoms with E-state index in [0.717, 1.165) is 48.6 Å². The number of carboxylic acids is 1. The largest absolute Gasteiger partial charge is 0.481 e. The molecule has 8 nitrogen and oxygen atoms in total. The Kier molecular flexibility index (Phi) is 6.79. The number of nitrogens with one attached hydrogen (secondary N) is 1. The molecule has 0 radical (unpaired) electrons. The van der Waals surface area contributed by atoms with Gasteiger partial charge in [-0.15, -0.1) is 0 Å². The first-order chi connectivity index (χ1) is 15.4. The summed E-state index contributed by atoms with van der Waals surface area (Å²) in [5.41, 5.74) is 3.80. The number of benzene rings is 1. The summed E-state index contributed by atoms with van der Waals surface area (Å²) in [5, 5.41) is 12.9. The summed E-state index contributed by atoms with van der Waals surface area (Å²) in [5.74, 6) is -0.278. The van der Waals surface area contributed by atoms with E-state index in [1.54, 1.807) is 12.4 Å². The summed E-state index contributed by atoms with van der Waals surface area (Å²) in [6.45, 7) is 8.16. The number of hydrogen-bond donors (Lipinski definition) is 2. The fraction of sp³-hybridized carbons (Fsp3) is 0.542. The Bertz CT molecular complexity index is 922. The van der Waals surface area contributed by atoms with Crippen molar-refractivity contribution in [2.24, 2.45) is 5.92 Å². The zero-order chi connectivity index (χ0) is 22.7. The maximum atomic E-state index is 11.5. The number of rotatable bonds is 9. The highest BCUT2D eigenvalue weighted by Gasteiger charge is 2.34. The quantitative estimate of drug-likeness (QED) is 0.599. The van der Waals surface area contributed by atoms with Crippen LogP contribution in [0.1, 0.15) is 51.5 Å². The van der Waals surface area contributed by atoms with Crippen LogP contribution < -0.4 is 15.0 Å². The van der Waals surface area contributed by atoms with Gasteiger partial charge in [-0.25, -0.2) is 9.97 Å². The molecule has 2 aliphatic rings. The highest BCUT2D eigenvalue weighted by molar-refractivity contribution is 5.77. The summed E-state index contributed by atoms with van der Waals surface area (Å²) in [7, 11) is 0. The van der Waals surface area contributed by atoms with Gasteiger partial charge in [0.2, 0.25) is 0 Å². The molecular formula is C24H32N4O4. The van der Waals surface area contributed by atoms with E-state index in [4.69, 9.17) is 9.47 Å². The third kappa shape index (κ3) is 5.48. The number of anilines is 3. The molecule has 1 unspecified atom stereocenters. The predicted molar refractivity (Wildman–Crippen MR) is 123 cm³/mol. The molecule has 1 aromatic carbocycles. The third-order valence-electron chi connectivity index (χ3n) is 5.98. The van der Waals surface area contributed by atoms with Crippen LogP contribution in [0.2, 0.25) is 0 Å². The van der Waals surface area contributed by atoms with E-state index < -0.39 is 5.97 Å². The Balaban J connectivity index is 1.66. The van der Waals surface area contributed by atoms with E-state index in [9.17, 15) is 9.90 Å². The second kappa shape index (κ2) is 9.73. The van der Waals surface area contributed by atoms with Crippen molar-refractivity contribution < 1.29 is 19.4 Å². The van der Waals surface area contributed by atoms with Gasteiger partial charge in [0.1, 0.15) is 0 Å². The lowest BCUT2D eigenvalue weighted by Crippen LogP contribution is -2.45. The van der Waals surface area contributed by atoms with Crippen molar-refractivity contribution in [2.75, 3.05) is 29.9 Å². The Morgan fingerprint density at radius 1 is 1.25 bits per heavy atom. The fourth-order valence-electron chi connectivity index (χ4n) is 4.52. The molecule has 172 valence electrons. The molecule has 2 fully saturated rings. The molecule has 0 amide bonds. The van der Waals surface area contributed by atoms with Gasteiger partial charge < -0.3 is 24.8 Å². The molecule has 1 aliphatic carbocycles. The van der Waals surface area contributed by atoms with Crippen molar-refractivity contribution >= 4 is 23.0 Å². The number of carboxylic acid groups (broad SMARTS) is 1. The molecule has 0 spiro atoms. The van der Waals surface area contributed by atoms with Crippen LogP contribution >= 0.6 is 0 Å². The van der Waals surface area contributed by atoms with E-state index in [-0.39, 0.29) is 24.5 Å². The van der Waals surface area contributed by atoms with Crippen LogP contribution in [0.3, 0.4) is 0 Å². The van der Waals surface area contributed by atoms with Crippen molar-refractivity contribution in [1.82, 2.24) is 9.97 Å². The SMILES string of the molecule is CCOc1ncc(Nc2cc(C(CC(=O)O)C3CC3)ccc2N2C[C@@H](C)O[C@@H](C)C2)cn1. The van der Waals surface area contributed by atoms with Crippen LogP contribution in [-0.2, 0) is 9.53 Å². The number of ether oxygens (including phenoxy) is 2. The molecule has 1 saturated carbocycles. The van der Waals surface area contributed by atoms with Crippen molar-refractivity contribution in [2.45, 2.75) is 58.2 Å². The Labute approximate surface area is 189 Å². The number of aromatic nitrogens is 2. The number of hydrogen-bond acceptors (Lipinski definition) is 7. The Hall–Kier alpha value is -2.87. The van der Waals surface area contributed by atoms with Crippen LogP contribution in [0.4, 0.5) is 17.1 Å². The molecule has 1 aromatic heterocycles. The van der Waals surface area contributed by atoms with Crippen molar-refractivity contribution in [3.05, 3.63) is 36.2 Å². The molecule has 2 heterocycles.